The number of ether oxygens (including phenoxy) is 1. The molecule has 0 unspecified atom stereocenters. The SMILES string of the molecule is CCCCc1ccc2nc(Cl)c(S(=O)(=O)NC(=O)Nc3nc(C)nc(OC)n3)n2c1. The third-order valence-corrected chi connectivity index (χ3v) is 5.76. The number of unbranched alkanes of at least 4 members (excludes halogenated alkanes) is 1. The second-order valence-electron chi connectivity index (χ2n) is 6.33. The molecule has 3 aromatic heterocycles. The molecule has 0 saturated carbocycles. The number of fused-ring (bicyclic) bond motifs is 1. The monoisotopic (exact) mass is 453 g/mol. The smallest absolute Gasteiger partial charge is 0.335 e. The first-order valence-electron chi connectivity index (χ1n) is 9.00. The van der Waals surface area contributed by atoms with Gasteiger partial charge in [-0.1, -0.05) is 31.0 Å². The van der Waals surface area contributed by atoms with Crippen molar-refractivity contribution in [3.05, 3.63) is 34.9 Å². The van der Waals surface area contributed by atoms with Crippen LogP contribution < -0.4 is 14.8 Å². The average Bonchev–Trinajstić information content (AvgIpc) is 3.00. The van der Waals surface area contributed by atoms with E-state index in [1.807, 2.05) is 10.8 Å². The van der Waals surface area contributed by atoms with Crippen molar-refractivity contribution in [1.29, 1.82) is 0 Å². The van der Waals surface area contributed by atoms with Crippen LogP contribution in [0.2, 0.25) is 5.15 Å². The van der Waals surface area contributed by atoms with Crippen LogP contribution in [0.5, 0.6) is 6.01 Å². The molecule has 2 N–H and O–H groups in total. The van der Waals surface area contributed by atoms with E-state index in [-0.39, 0.29) is 28.0 Å². The van der Waals surface area contributed by atoms with Gasteiger partial charge in [-0.05, 0) is 31.4 Å². The number of nitrogens with zero attached hydrogens (tertiary/aromatic N) is 5. The second-order valence-corrected chi connectivity index (χ2v) is 8.29. The zero-order valence-corrected chi connectivity index (χ0v) is 18.1. The molecular weight excluding hydrogens is 434 g/mol. The van der Waals surface area contributed by atoms with Crippen molar-refractivity contribution < 1.29 is 17.9 Å². The van der Waals surface area contributed by atoms with Gasteiger partial charge in [0.15, 0.2) is 10.2 Å². The van der Waals surface area contributed by atoms with Crippen molar-refractivity contribution in [2.45, 2.75) is 38.1 Å². The summed E-state index contributed by atoms with van der Waals surface area (Å²) >= 11 is 6.08. The van der Waals surface area contributed by atoms with E-state index in [1.54, 1.807) is 19.2 Å². The van der Waals surface area contributed by atoms with Gasteiger partial charge in [-0.2, -0.15) is 23.4 Å². The maximum atomic E-state index is 12.8. The molecule has 0 aliphatic heterocycles. The third-order valence-electron chi connectivity index (χ3n) is 4.03. The number of aryl methyl sites for hydroxylation is 2. The Labute approximate surface area is 177 Å². The molecule has 0 aliphatic rings. The molecule has 0 fully saturated rings. The van der Waals surface area contributed by atoms with Gasteiger partial charge in [0, 0.05) is 6.20 Å². The predicted molar refractivity (Wildman–Crippen MR) is 109 cm³/mol. The Morgan fingerprint density at radius 3 is 2.70 bits per heavy atom. The lowest BCUT2D eigenvalue weighted by Gasteiger charge is -2.09. The quantitative estimate of drug-likeness (QED) is 0.555. The van der Waals surface area contributed by atoms with Crippen LogP contribution in [0.25, 0.3) is 5.65 Å². The van der Waals surface area contributed by atoms with Crippen molar-refractivity contribution in [3.8, 4) is 6.01 Å². The molecular formula is C17H20ClN7O4S. The van der Waals surface area contributed by atoms with E-state index in [4.69, 9.17) is 16.3 Å². The highest BCUT2D eigenvalue weighted by atomic mass is 35.5. The van der Waals surface area contributed by atoms with Gasteiger partial charge in [0.25, 0.3) is 10.0 Å². The summed E-state index contributed by atoms with van der Waals surface area (Å²) in [7, 11) is -3.00. The summed E-state index contributed by atoms with van der Waals surface area (Å²) in [5, 5.41) is 1.65. The van der Waals surface area contributed by atoms with Gasteiger partial charge in [-0.3, -0.25) is 9.72 Å². The summed E-state index contributed by atoms with van der Waals surface area (Å²) < 4.78 is 33.8. The summed E-state index contributed by atoms with van der Waals surface area (Å²) in [6.45, 7) is 3.63. The fourth-order valence-electron chi connectivity index (χ4n) is 2.71. The molecule has 0 aromatic carbocycles. The van der Waals surface area contributed by atoms with E-state index in [1.165, 1.54) is 11.5 Å². The van der Waals surface area contributed by atoms with E-state index in [2.05, 4.69) is 32.2 Å². The van der Waals surface area contributed by atoms with Crippen LogP contribution in [-0.2, 0) is 16.4 Å². The van der Waals surface area contributed by atoms with Gasteiger partial charge in [-0.25, -0.2) is 14.5 Å². The number of aromatic nitrogens is 5. The number of hydrogen-bond acceptors (Lipinski definition) is 8. The minimum absolute atomic E-state index is 0.0231. The number of halogens is 1. The number of imidazole rings is 1. The van der Waals surface area contributed by atoms with E-state index >= 15 is 0 Å². The first-order valence-corrected chi connectivity index (χ1v) is 10.9. The van der Waals surface area contributed by atoms with Gasteiger partial charge in [0.05, 0.1) is 7.11 Å². The normalized spacial score (nSPS) is 11.5. The molecule has 30 heavy (non-hydrogen) atoms. The number of carbonyl (C=O) groups excluding carboxylic acids is 1. The highest BCUT2D eigenvalue weighted by molar-refractivity contribution is 7.90. The molecule has 0 radical (unpaired) electrons. The highest BCUT2D eigenvalue weighted by Gasteiger charge is 2.27. The van der Waals surface area contributed by atoms with Crippen LogP contribution in [0.4, 0.5) is 10.7 Å². The van der Waals surface area contributed by atoms with E-state index in [0.717, 1.165) is 24.8 Å². The molecule has 0 atom stereocenters. The van der Waals surface area contributed by atoms with Crippen molar-refractivity contribution in [3.63, 3.8) is 0 Å². The van der Waals surface area contributed by atoms with Gasteiger partial charge in [0.1, 0.15) is 11.5 Å². The summed E-state index contributed by atoms with van der Waals surface area (Å²) in [4.78, 5) is 28.0. The van der Waals surface area contributed by atoms with Crippen LogP contribution in [0, 0.1) is 6.92 Å². The number of methoxy groups -OCH3 is 1. The summed E-state index contributed by atoms with van der Waals surface area (Å²) in [6, 6.07) is 2.44. The molecule has 0 aliphatic carbocycles. The maximum absolute atomic E-state index is 12.8. The second kappa shape index (κ2) is 8.79. The Hall–Kier alpha value is -2.99. The topological polar surface area (TPSA) is 140 Å². The number of amides is 2. The molecule has 11 nitrogen and oxygen atoms in total. The summed E-state index contributed by atoms with van der Waals surface area (Å²) in [6.07, 6.45) is 4.37. The number of carbonyl (C=O) groups is 1. The Bertz CT molecular complexity index is 1200. The van der Waals surface area contributed by atoms with Gasteiger partial charge in [0.2, 0.25) is 5.95 Å². The predicted octanol–water partition coefficient (Wildman–Crippen LogP) is 2.34. The number of urea groups is 1. The molecule has 13 heteroatoms. The highest BCUT2D eigenvalue weighted by Crippen LogP contribution is 2.23. The lowest BCUT2D eigenvalue weighted by atomic mass is 10.1. The molecule has 3 aromatic rings. The number of sulfonamides is 1. The van der Waals surface area contributed by atoms with Crippen LogP contribution in [-0.4, -0.2) is 45.9 Å². The lowest BCUT2D eigenvalue weighted by Crippen LogP contribution is -2.35. The van der Waals surface area contributed by atoms with Crippen LogP contribution in [0.15, 0.2) is 23.4 Å². The number of nitrogens with one attached hydrogen (secondary N) is 2. The fourth-order valence-corrected chi connectivity index (χ4v) is 4.26. The number of hydrogen-bond donors (Lipinski definition) is 2. The van der Waals surface area contributed by atoms with Crippen molar-refractivity contribution in [2.75, 3.05) is 12.4 Å². The molecule has 0 saturated heterocycles. The Balaban J connectivity index is 1.87. The van der Waals surface area contributed by atoms with Crippen LogP contribution in [0.3, 0.4) is 0 Å². The fraction of sp³-hybridized carbons (Fsp3) is 0.353. The Morgan fingerprint density at radius 2 is 2.00 bits per heavy atom. The van der Waals surface area contributed by atoms with Gasteiger partial charge >= 0.3 is 12.0 Å². The largest absolute Gasteiger partial charge is 0.467 e. The van der Waals surface area contributed by atoms with Gasteiger partial charge in [-0.15, -0.1) is 0 Å². The molecule has 0 spiro atoms. The summed E-state index contributed by atoms with van der Waals surface area (Å²) in [5.74, 6) is 0.114. The minimum atomic E-state index is -4.35. The van der Waals surface area contributed by atoms with Crippen molar-refractivity contribution in [2.24, 2.45) is 0 Å². The first kappa shape index (κ1) is 21.7. The Morgan fingerprint density at radius 1 is 1.23 bits per heavy atom. The molecule has 0 bridgehead atoms. The minimum Gasteiger partial charge on any atom is -0.467 e. The molecule has 3 rings (SSSR count). The van der Waals surface area contributed by atoms with Crippen LogP contribution >= 0.6 is 11.6 Å². The van der Waals surface area contributed by atoms with Crippen LogP contribution in [0.1, 0.15) is 31.2 Å². The number of rotatable bonds is 7. The van der Waals surface area contributed by atoms with Crippen molar-refractivity contribution >= 4 is 39.3 Å². The van der Waals surface area contributed by atoms with E-state index in [9.17, 15) is 13.2 Å². The lowest BCUT2D eigenvalue weighted by molar-refractivity contribution is 0.256. The number of pyridine rings is 1. The molecule has 2 amide bonds. The van der Waals surface area contributed by atoms with Gasteiger partial charge < -0.3 is 4.74 Å². The summed E-state index contributed by atoms with van der Waals surface area (Å²) in [5.41, 5.74) is 1.27. The zero-order chi connectivity index (χ0) is 21.9. The first-order chi connectivity index (χ1) is 14.2. The zero-order valence-electron chi connectivity index (χ0n) is 16.5. The van der Waals surface area contributed by atoms with Crippen molar-refractivity contribution in [1.82, 2.24) is 29.1 Å². The maximum Gasteiger partial charge on any atom is 0.335 e. The molecule has 160 valence electrons. The third kappa shape index (κ3) is 4.76. The van der Waals surface area contributed by atoms with E-state index in [0.29, 0.717) is 5.65 Å². The average molecular weight is 454 g/mol. The number of anilines is 1. The Kier molecular flexibility index (Phi) is 6.37. The standard InChI is InChI=1S/C17H20ClN7O4S/c1-4-5-6-11-7-8-12-21-13(18)14(25(12)9-11)30(27,28)24-16(26)22-15-19-10(2)20-17(23-15)29-3/h7-9H,4-6H2,1-3H3,(H2,19,20,22,23,24,26). The van der Waals surface area contributed by atoms with E-state index < -0.39 is 16.1 Å². The molecule has 3 heterocycles.